The van der Waals surface area contributed by atoms with E-state index < -0.39 is 11.9 Å². The number of carboxylic acid groups (broad SMARTS) is 1. The molecule has 11 heteroatoms. The van der Waals surface area contributed by atoms with E-state index in [-0.39, 0.29) is 74.6 Å². The first-order chi connectivity index (χ1) is 13.5. The maximum atomic E-state index is 12.8. The molecule has 0 unspecified atom stereocenters. The number of anilines is 1. The van der Waals surface area contributed by atoms with Crippen molar-refractivity contribution in [3.8, 4) is 11.3 Å². The number of carbonyl (C=O) groups is 2. The number of hydrogen-bond acceptors (Lipinski definition) is 4. The Bertz CT molecular complexity index is 1210. The number of rotatable bonds is 5. The number of para-hydroxylation sites is 1. The van der Waals surface area contributed by atoms with Crippen LogP contribution in [0.1, 0.15) is 10.5 Å². The van der Waals surface area contributed by atoms with Crippen LogP contribution in [0, 0.1) is 0 Å². The number of aromatic nitrogens is 2. The van der Waals surface area contributed by atoms with Crippen LogP contribution in [0.15, 0.2) is 60.0 Å². The van der Waals surface area contributed by atoms with Gasteiger partial charge >= 0.3 is 5.97 Å². The van der Waals surface area contributed by atoms with Crippen molar-refractivity contribution in [2.75, 3.05) is 5.32 Å². The van der Waals surface area contributed by atoms with Crippen LogP contribution in [0.4, 0.5) is 5.13 Å². The molecule has 4 rings (SSSR count). The van der Waals surface area contributed by atoms with Crippen LogP contribution < -0.4 is 5.32 Å². The molecule has 0 aliphatic heterocycles. The van der Waals surface area contributed by atoms with Crippen molar-refractivity contribution in [2.24, 2.45) is 0 Å². The molecule has 1 amide bonds. The zero-order valence-corrected chi connectivity index (χ0v) is 21.1. The molecule has 0 atom stereocenters. The Hall–Kier alpha value is -1.60. The fourth-order valence-electron chi connectivity index (χ4n) is 2.99. The first kappa shape index (κ1) is 27.4. The third-order valence-corrected chi connectivity index (χ3v) is 5.30. The van der Waals surface area contributed by atoms with E-state index in [2.05, 4.69) is 10.3 Å². The van der Waals surface area contributed by atoms with Crippen LogP contribution in [0.3, 0.4) is 0 Å². The predicted octanol–water partition coefficient (Wildman–Crippen LogP) is 2.72. The quantitative estimate of drug-likeness (QED) is 0.417. The van der Waals surface area contributed by atoms with Gasteiger partial charge < -0.3 is 20.6 Å². The fraction of sp³-hybridized carbons (Fsp3) is 0.0500. The number of carboxylic acids is 1. The summed E-state index contributed by atoms with van der Waals surface area (Å²) in [7, 11) is 0. The summed E-state index contributed by atoms with van der Waals surface area (Å²) < 4.78 is 1.48. The summed E-state index contributed by atoms with van der Waals surface area (Å²) in [4.78, 5) is 28.5. The summed E-state index contributed by atoms with van der Waals surface area (Å²) in [5, 5.41) is 15.6. The Morgan fingerprint density at radius 1 is 1.10 bits per heavy atom. The fourth-order valence-corrected chi connectivity index (χ4v) is 3.93. The molecule has 2 aromatic heterocycles. The summed E-state index contributed by atoms with van der Waals surface area (Å²) in [6.45, 7) is -0.307. The van der Waals surface area contributed by atoms with Crippen LogP contribution in [0.2, 0.25) is 5.02 Å². The zero-order chi connectivity index (χ0) is 19.7. The van der Waals surface area contributed by atoms with Gasteiger partial charge in [-0.05, 0) is 18.2 Å². The molecule has 4 aromatic rings. The number of nitrogens with zero attached hydrogens (tertiary/aromatic N) is 2. The van der Waals surface area contributed by atoms with Crippen LogP contribution >= 0.6 is 22.9 Å². The topological polar surface area (TPSA) is 147 Å². The molecule has 0 aliphatic carbocycles. The Morgan fingerprint density at radius 3 is 2.48 bits per heavy atom. The van der Waals surface area contributed by atoms with Gasteiger partial charge in [-0.15, -0.1) is 11.3 Å². The molecule has 0 aliphatic rings. The van der Waals surface area contributed by atoms with E-state index in [0.29, 0.717) is 21.4 Å². The van der Waals surface area contributed by atoms with Gasteiger partial charge in [-0.25, -0.2) is 4.98 Å². The SMILES string of the molecule is O.O.O=C(O)Cn1c(C(=O)Nc2nc(-c3ccccc3Cl)cs2)cc2ccccc21.[K]. The van der Waals surface area contributed by atoms with Crippen molar-refractivity contribution in [1.82, 2.24) is 9.55 Å². The molecule has 0 saturated heterocycles. The maximum absolute atomic E-state index is 12.8. The second kappa shape index (κ2) is 11.9. The van der Waals surface area contributed by atoms with Gasteiger partial charge in [0.1, 0.15) is 12.2 Å². The minimum absolute atomic E-state index is 0. The largest absolute Gasteiger partial charge is 0.480 e. The number of benzene rings is 2. The number of aliphatic carboxylic acids is 1. The third-order valence-electron chi connectivity index (χ3n) is 4.21. The van der Waals surface area contributed by atoms with Gasteiger partial charge in [-0.2, -0.15) is 0 Å². The number of thiazole rings is 1. The summed E-state index contributed by atoms with van der Waals surface area (Å²) in [5.41, 5.74) is 2.39. The van der Waals surface area contributed by atoms with Crippen molar-refractivity contribution in [2.45, 2.75) is 6.54 Å². The molecule has 1 radical (unpaired) electrons. The van der Waals surface area contributed by atoms with E-state index in [9.17, 15) is 14.7 Å². The first-order valence-corrected chi connectivity index (χ1v) is 9.60. The summed E-state index contributed by atoms with van der Waals surface area (Å²) in [6.07, 6.45) is 0. The molecule has 157 valence electrons. The molecule has 0 fully saturated rings. The van der Waals surface area contributed by atoms with Crippen molar-refractivity contribution in [1.29, 1.82) is 0 Å². The van der Waals surface area contributed by atoms with Crippen LogP contribution in [0.5, 0.6) is 0 Å². The molecule has 0 bridgehead atoms. The summed E-state index contributed by atoms with van der Waals surface area (Å²) in [6, 6.07) is 16.3. The predicted molar refractivity (Wildman–Crippen MR) is 123 cm³/mol. The summed E-state index contributed by atoms with van der Waals surface area (Å²) >= 11 is 7.48. The molecule has 2 aromatic carbocycles. The molecule has 0 spiro atoms. The van der Waals surface area contributed by atoms with E-state index in [1.165, 1.54) is 15.9 Å². The maximum Gasteiger partial charge on any atom is 0.323 e. The average Bonchev–Trinajstić information content (AvgIpc) is 3.27. The van der Waals surface area contributed by atoms with Crippen molar-refractivity contribution in [3.63, 3.8) is 0 Å². The number of fused-ring (bicyclic) bond motifs is 1. The molecular formula is C20H18ClKN3O5S. The summed E-state index contributed by atoms with van der Waals surface area (Å²) in [5.74, 6) is -1.44. The van der Waals surface area contributed by atoms with Crippen LogP contribution in [0.25, 0.3) is 22.2 Å². The molecule has 2 heterocycles. The van der Waals surface area contributed by atoms with E-state index in [1.54, 1.807) is 24.3 Å². The first-order valence-electron chi connectivity index (χ1n) is 8.35. The second-order valence-electron chi connectivity index (χ2n) is 6.04. The van der Waals surface area contributed by atoms with Crippen molar-refractivity contribution < 1.29 is 25.6 Å². The van der Waals surface area contributed by atoms with E-state index >= 15 is 0 Å². The van der Waals surface area contributed by atoms with Gasteiger partial charge in [0.25, 0.3) is 5.91 Å². The Kier molecular flexibility index (Phi) is 10.5. The smallest absolute Gasteiger partial charge is 0.323 e. The molecular weight excluding hydrogens is 469 g/mol. The number of amides is 1. The average molecular weight is 487 g/mol. The van der Waals surface area contributed by atoms with Crippen molar-refractivity contribution >= 4 is 102 Å². The Labute approximate surface area is 228 Å². The van der Waals surface area contributed by atoms with Gasteiger partial charge in [-0.1, -0.05) is 48.0 Å². The van der Waals surface area contributed by atoms with Gasteiger partial charge in [0.15, 0.2) is 5.13 Å². The van der Waals surface area contributed by atoms with Gasteiger partial charge in [-0.3, -0.25) is 14.9 Å². The molecule has 8 nitrogen and oxygen atoms in total. The Balaban J connectivity index is 0.00000160. The minimum Gasteiger partial charge on any atom is -0.480 e. The van der Waals surface area contributed by atoms with Gasteiger partial charge in [0.05, 0.1) is 5.69 Å². The minimum atomic E-state index is -1.02. The van der Waals surface area contributed by atoms with E-state index in [4.69, 9.17) is 11.6 Å². The molecule has 0 saturated carbocycles. The standard InChI is InChI=1S/C20H14ClN3O3S.K.2H2O/c21-14-7-3-2-6-13(14)15-11-28-20(22-15)23-19(27)17-9-12-5-1-4-8-16(12)24(17)10-18(25)26;;;/h1-9,11H,10H2,(H,25,26)(H,22,23,27);;2*1H2. The second-order valence-corrected chi connectivity index (χ2v) is 7.31. The molecule has 31 heavy (non-hydrogen) atoms. The third kappa shape index (κ3) is 6.01. The number of hydrogen-bond donors (Lipinski definition) is 2. The molecule has 6 N–H and O–H groups in total. The normalized spacial score (nSPS) is 9.84. The number of halogens is 1. The van der Waals surface area contributed by atoms with E-state index in [1.807, 2.05) is 35.7 Å². The van der Waals surface area contributed by atoms with Crippen LogP contribution in [-0.2, 0) is 11.3 Å². The number of carbonyl (C=O) groups excluding carboxylic acids is 1. The Morgan fingerprint density at radius 2 is 1.77 bits per heavy atom. The number of nitrogens with one attached hydrogen (secondary N) is 1. The van der Waals surface area contributed by atoms with Gasteiger partial charge in [0, 0.05) is 78.3 Å². The van der Waals surface area contributed by atoms with Crippen molar-refractivity contribution in [3.05, 3.63) is 70.7 Å². The van der Waals surface area contributed by atoms with Gasteiger partial charge in [0.2, 0.25) is 0 Å². The van der Waals surface area contributed by atoms with E-state index in [0.717, 1.165) is 10.9 Å². The van der Waals surface area contributed by atoms with Crippen LogP contribution in [-0.4, -0.2) is 88.9 Å². The monoisotopic (exact) mass is 486 g/mol. The zero-order valence-electron chi connectivity index (χ0n) is 16.4.